The van der Waals surface area contributed by atoms with E-state index in [-0.39, 0.29) is 0 Å². The summed E-state index contributed by atoms with van der Waals surface area (Å²) >= 11 is 0. The molecule has 1 aromatic heterocycles. The van der Waals surface area contributed by atoms with Gasteiger partial charge in [-0.25, -0.2) is 4.98 Å². The number of nitrogens with two attached hydrogens (primary N) is 1. The number of nitrogens with zero attached hydrogens (tertiary/aromatic N) is 2. The summed E-state index contributed by atoms with van der Waals surface area (Å²) in [4.78, 5) is 4.52. The van der Waals surface area contributed by atoms with Crippen molar-refractivity contribution in [1.29, 1.82) is 5.26 Å². The molecule has 5 nitrogen and oxygen atoms in total. The minimum atomic E-state index is 0.302. The molecule has 3 aromatic rings. The molecule has 0 aliphatic heterocycles. The van der Waals surface area contributed by atoms with Crippen LogP contribution in [0, 0.1) is 18.3 Å². The maximum atomic E-state index is 9.80. The third kappa shape index (κ3) is 4.34. The number of ether oxygens (including phenoxy) is 2. The number of hydrogen-bond donors (Lipinski definition) is 1. The van der Waals surface area contributed by atoms with Gasteiger partial charge in [0, 0.05) is 11.3 Å². The van der Waals surface area contributed by atoms with Crippen LogP contribution in [0.2, 0.25) is 0 Å². The Balaban J connectivity index is 1.73. The first kappa shape index (κ1) is 20.7. The molecular weight excluding hydrogens is 386 g/mol. The lowest BCUT2D eigenvalue weighted by Crippen LogP contribution is -2.12. The van der Waals surface area contributed by atoms with E-state index in [1.165, 1.54) is 5.56 Å². The Morgan fingerprint density at radius 2 is 1.90 bits per heavy atom. The summed E-state index contributed by atoms with van der Waals surface area (Å²) in [6, 6.07) is 16.4. The molecule has 2 N–H and O–H groups in total. The maximum Gasteiger partial charge on any atom is 0.161 e. The number of rotatable bonds is 6. The van der Waals surface area contributed by atoms with E-state index < -0.39 is 0 Å². The Labute approximate surface area is 183 Å². The highest BCUT2D eigenvalue weighted by molar-refractivity contribution is 5.80. The van der Waals surface area contributed by atoms with Crippen LogP contribution in [0.25, 0.3) is 11.1 Å². The molecular formula is C26H27N3O2. The molecule has 2 aromatic carbocycles. The molecule has 0 fully saturated rings. The van der Waals surface area contributed by atoms with Crippen LogP contribution in [0.5, 0.6) is 11.5 Å². The van der Waals surface area contributed by atoms with Crippen LogP contribution in [0.15, 0.2) is 42.5 Å². The Bertz CT molecular complexity index is 1150. The van der Waals surface area contributed by atoms with Crippen LogP contribution < -0.4 is 15.2 Å². The fourth-order valence-corrected chi connectivity index (χ4v) is 4.21. The van der Waals surface area contributed by atoms with Crippen LogP contribution in [0.3, 0.4) is 0 Å². The van der Waals surface area contributed by atoms with E-state index in [2.05, 4.69) is 30.1 Å². The molecule has 0 spiro atoms. The number of benzene rings is 2. The molecule has 31 heavy (non-hydrogen) atoms. The van der Waals surface area contributed by atoms with Crippen LogP contribution in [-0.2, 0) is 19.4 Å². The van der Waals surface area contributed by atoms with Crippen molar-refractivity contribution >= 4 is 5.82 Å². The smallest absolute Gasteiger partial charge is 0.161 e. The fourth-order valence-electron chi connectivity index (χ4n) is 4.21. The second-order valence-corrected chi connectivity index (χ2v) is 7.86. The second kappa shape index (κ2) is 9.09. The van der Waals surface area contributed by atoms with Gasteiger partial charge in [0.1, 0.15) is 24.1 Å². The Hall–Kier alpha value is -3.52. The molecule has 4 rings (SSSR count). The largest absolute Gasteiger partial charge is 0.490 e. The molecule has 1 aliphatic rings. The molecule has 0 amide bonds. The number of anilines is 1. The van der Waals surface area contributed by atoms with Gasteiger partial charge in [-0.05, 0) is 68.4 Å². The van der Waals surface area contributed by atoms with Gasteiger partial charge in [-0.2, -0.15) is 5.26 Å². The maximum absolute atomic E-state index is 9.80. The molecule has 0 unspecified atom stereocenters. The lowest BCUT2D eigenvalue weighted by Gasteiger charge is -2.22. The zero-order valence-corrected chi connectivity index (χ0v) is 18.1. The van der Waals surface area contributed by atoms with Gasteiger partial charge in [0.25, 0.3) is 0 Å². The lowest BCUT2D eigenvalue weighted by molar-refractivity contribution is 0.269. The minimum Gasteiger partial charge on any atom is -0.490 e. The number of aromatic nitrogens is 1. The topological polar surface area (TPSA) is 81.2 Å². The van der Waals surface area contributed by atoms with E-state index in [0.29, 0.717) is 36.1 Å². The second-order valence-electron chi connectivity index (χ2n) is 7.86. The number of pyridine rings is 1. The minimum absolute atomic E-state index is 0.302. The predicted molar refractivity (Wildman–Crippen MR) is 122 cm³/mol. The van der Waals surface area contributed by atoms with Crippen LogP contribution in [0.1, 0.15) is 47.7 Å². The molecule has 0 saturated carbocycles. The van der Waals surface area contributed by atoms with Crippen molar-refractivity contribution in [3.8, 4) is 28.7 Å². The van der Waals surface area contributed by atoms with Crippen molar-refractivity contribution in [3.63, 3.8) is 0 Å². The SMILES string of the molecule is CCOc1cc(-c2c(C#N)c(N)nc3c2CCCC3)ccc1OCc1cccc(C)c1. The van der Waals surface area contributed by atoms with E-state index in [1.54, 1.807) is 0 Å². The summed E-state index contributed by atoms with van der Waals surface area (Å²) in [5.74, 6) is 1.65. The monoisotopic (exact) mass is 413 g/mol. The van der Waals surface area contributed by atoms with E-state index in [1.807, 2.05) is 37.3 Å². The van der Waals surface area contributed by atoms with Gasteiger partial charge in [-0.1, -0.05) is 35.9 Å². The zero-order valence-electron chi connectivity index (χ0n) is 18.1. The first-order valence-electron chi connectivity index (χ1n) is 10.8. The van der Waals surface area contributed by atoms with Crippen molar-refractivity contribution < 1.29 is 9.47 Å². The molecule has 1 aliphatic carbocycles. The number of fused-ring (bicyclic) bond motifs is 1. The average molecular weight is 414 g/mol. The van der Waals surface area contributed by atoms with Crippen molar-refractivity contribution in [2.75, 3.05) is 12.3 Å². The van der Waals surface area contributed by atoms with Crippen LogP contribution >= 0.6 is 0 Å². The van der Waals surface area contributed by atoms with Gasteiger partial charge in [0.05, 0.1) is 6.61 Å². The van der Waals surface area contributed by atoms with E-state index in [0.717, 1.165) is 53.6 Å². The molecule has 0 bridgehead atoms. The summed E-state index contributed by atoms with van der Waals surface area (Å²) in [6.45, 7) is 5.00. The first-order chi connectivity index (χ1) is 15.1. The number of aryl methyl sites for hydroxylation is 2. The van der Waals surface area contributed by atoms with Gasteiger partial charge in [-0.15, -0.1) is 0 Å². The number of nitrogen functional groups attached to an aromatic ring is 1. The number of hydrogen-bond acceptors (Lipinski definition) is 5. The van der Waals surface area contributed by atoms with Crippen molar-refractivity contribution in [2.24, 2.45) is 0 Å². The van der Waals surface area contributed by atoms with Crippen LogP contribution in [-0.4, -0.2) is 11.6 Å². The average Bonchev–Trinajstić information content (AvgIpc) is 2.77. The Morgan fingerprint density at radius 1 is 1.06 bits per heavy atom. The summed E-state index contributed by atoms with van der Waals surface area (Å²) < 4.78 is 12.0. The van der Waals surface area contributed by atoms with Crippen molar-refractivity contribution in [2.45, 2.75) is 46.1 Å². The fraction of sp³-hybridized carbons (Fsp3) is 0.308. The Morgan fingerprint density at radius 3 is 2.68 bits per heavy atom. The Kier molecular flexibility index (Phi) is 6.08. The van der Waals surface area contributed by atoms with Gasteiger partial charge in [-0.3, -0.25) is 0 Å². The summed E-state index contributed by atoms with van der Waals surface area (Å²) in [7, 11) is 0. The zero-order chi connectivity index (χ0) is 21.8. The van der Waals surface area contributed by atoms with E-state index >= 15 is 0 Å². The molecule has 0 saturated heterocycles. The standard InChI is InChI=1S/C26H27N3O2/c1-3-30-24-14-19(11-12-23(24)31-16-18-8-6-7-17(2)13-18)25-20-9-4-5-10-22(20)29-26(28)21(25)15-27/h6-8,11-14H,3-5,9-10,16H2,1-2H3,(H2,28,29). The third-order valence-electron chi connectivity index (χ3n) is 5.62. The quantitative estimate of drug-likeness (QED) is 0.588. The highest BCUT2D eigenvalue weighted by Crippen LogP contribution is 2.39. The third-order valence-corrected chi connectivity index (χ3v) is 5.62. The van der Waals surface area contributed by atoms with E-state index in [9.17, 15) is 5.26 Å². The molecule has 0 atom stereocenters. The van der Waals surface area contributed by atoms with Gasteiger partial charge in [0.2, 0.25) is 0 Å². The first-order valence-corrected chi connectivity index (χ1v) is 10.8. The molecule has 158 valence electrons. The summed E-state index contributed by atoms with van der Waals surface area (Å²) in [5, 5.41) is 9.80. The molecule has 1 heterocycles. The van der Waals surface area contributed by atoms with Crippen molar-refractivity contribution in [3.05, 3.63) is 70.4 Å². The van der Waals surface area contributed by atoms with E-state index in [4.69, 9.17) is 15.2 Å². The van der Waals surface area contributed by atoms with Gasteiger partial charge < -0.3 is 15.2 Å². The summed E-state index contributed by atoms with van der Waals surface area (Å²) in [6.07, 6.45) is 3.99. The normalized spacial score (nSPS) is 12.7. The highest BCUT2D eigenvalue weighted by atomic mass is 16.5. The van der Waals surface area contributed by atoms with Gasteiger partial charge in [0.15, 0.2) is 11.5 Å². The molecule has 5 heteroatoms. The lowest BCUT2D eigenvalue weighted by atomic mass is 9.86. The van der Waals surface area contributed by atoms with Crippen LogP contribution in [0.4, 0.5) is 5.82 Å². The highest BCUT2D eigenvalue weighted by Gasteiger charge is 2.23. The number of nitriles is 1. The van der Waals surface area contributed by atoms with Crippen molar-refractivity contribution in [1.82, 2.24) is 4.98 Å². The van der Waals surface area contributed by atoms with Gasteiger partial charge >= 0.3 is 0 Å². The summed E-state index contributed by atoms with van der Waals surface area (Å²) in [5.41, 5.74) is 12.8. The predicted octanol–water partition coefficient (Wildman–Crippen LogP) is 5.37. The molecule has 0 radical (unpaired) electrons.